The first kappa shape index (κ1) is 26.0. The van der Waals surface area contributed by atoms with Crippen molar-refractivity contribution >= 4 is 27.8 Å². The number of amides is 2. The van der Waals surface area contributed by atoms with Crippen molar-refractivity contribution in [3.05, 3.63) is 71.3 Å². The summed E-state index contributed by atoms with van der Waals surface area (Å²) in [5.74, 6) is -2.43. The summed E-state index contributed by atoms with van der Waals surface area (Å²) in [6.07, 6.45) is 1.53. The van der Waals surface area contributed by atoms with Gasteiger partial charge in [-0.3, -0.25) is 4.79 Å². The molecule has 2 amide bonds. The van der Waals surface area contributed by atoms with Crippen LogP contribution in [0.15, 0.2) is 60.2 Å². The molecule has 186 valence electrons. The van der Waals surface area contributed by atoms with E-state index in [-0.39, 0.29) is 36.8 Å². The topological polar surface area (TPSA) is 139 Å². The van der Waals surface area contributed by atoms with Crippen molar-refractivity contribution in [3.8, 4) is 11.1 Å². The lowest BCUT2D eigenvalue weighted by molar-refractivity contribution is -0.141. The average molecular weight is 501 g/mol. The van der Waals surface area contributed by atoms with Gasteiger partial charge in [-0.1, -0.05) is 54.6 Å². The molecule has 3 rings (SSSR count). The second-order valence-corrected chi connectivity index (χ2v) is 10.6. The van der Waals surface area contributed by atoms with Crippen molar-refractivity contribution in [1.82, 2.24) is 10.6 Å². The molecule has 0 aliphatic heterocycles. The molecule has 0 fully saturated rings. The lowest BCUT2D eigenvalue weighted by atomic mass is 9.98. The van der Waals surface area contributed by atoms with Crippen LogP contribution >= 0.6 is 0 Å². The highest BCUT2D eigenvalue weighted by molar-refractivity contribution is 7.90. The van der Waals surface area contributed by atoms with E-state index in [1.807, 2.05) is 48.5 Å². The third kappa shape index (κ3) is 6.92. The molecule has 10 heteroatoms. The molecule has 35 heavy (non-hydrogen) atoms. The van der Waals surface area contributed by atoms with Gasteiger partial charge < -0.3 is 20.5 Å². The van der Waals surface area contributed by atoms with E-state index in [0.29, 0.717) is 0 Å². The molecule has 0 heterocycles. The van der Waals surface area contributed by atoms with Crippen molar-refractivity contribution in [3.63, 3.8) is 0 Å². The smallest absolute Gasteiger partial charge is 0.407 e. The maximum Gasteiger partial charge on any atom is 0.407 e. The molecule has 0 aromatic heterocycles. The molecule has 0 saturated heterocycles. The zero-order valence-electron chi connectivity index (χ0n) is 19.5. The highest BCUT2D eigenvalue weighted by Gasteiger charge is 2.29. The summed E-state index contributed by atoms with van der Waals surface area (Å²) in [7, 11) is -3.37. The third-order valence-corrected chi connectivity index (χ3v) is 6.71. The first-order chi connectivity index (χ1) is 16.6. The van der Waals surface area contributed by atoms with Crippen LogP contribution in [0, 0.1) is 0 Å². The Balaban J connectivity index is 1.50. The van der Waals surface area contributed by atoms with Crippen LogP contribution < -0.4 is 10.6 Å². The number of carboxylic acids is 1. The number of rotatable bonds is 10. The van der Waals surface area contributed by atoms with E-state index in [9.17, 15) is 27.9 Å². The van der Waals surface area contributed by atoms with E-state index in [1.165, 1.54) is 13.0 Å². The van der Waals surface area contributed by atoms with Crippen molar-refractivity contribution in [2.45, 2.75) is 25.3 Å². The lowest BCUT2D eigenvalue weighted by Gasteiger charge is -2.15. The Hall–Kier alpha value is -3.66. The Morgan fingerprint density at radius 3 is 2.17 bits per heavy atom. The van der Waals surface area contributed by atoms with Gasteiger partial charge in [-0.25, -0.2) is 18.0 Å². The summed E-state index contributed by atoms with van der Waals surface area (Å²) < 4.78 is 28.0. The summed E-state index contributed by atoms with van der Waals surface area (Å²) >= 11 is 0. The summed E-state index contributed by atoms with van der Waals surface area (Å²) in [6, 6.07) is 14.6. The molecule has 2 aromatic rings. The van der Waals surface area contributed by atoms with Crippen LogP contribution in [0.2, 0.25) is 0 Å². The Morgan fingerprint density at radius 1 is 1.06 bits per heavy atom. The third-order valence-electron chi connectivity index (χ3n) is 5.74. The zero-order valence-corrected chi connectivity index (χ0v) is 20.3. The molecular weight excluding hydrogens is 472 g/mol. The quantitative estimate of drug-likeness (QED) is 0.426. The summed E-state index contributed by atoms with van der Waals surface area (Å²) in [4.78, 5) is 35.8. The minimum atomic E-state index is -3.37. The van der Waals surface area contributed by atoms with Crippen molar-refractivity contribution < 1.29 is 32.6 Å². The van der Waals surface area contributed by atoms with E-state index in [0.717, 1.165) is 28.5 Å². The standard InChI is InChI=1S/C25H28N2O7S/c1-16(23(28)27-22(24(29)30)12-14-35(2,32)33)11-13-26-25(31)34-15-21-19-9-5-3-7-17(19)18-8-4-6-10-20(18)21/h3-11,21-22H,12-15H2,1-2H3,(H,26,31)(H,27,28)(H,29,30)/b16-11+. The summed E-state index contributed by atoms with van der Waals surface area (Å²) in [5.41, 5.74) is 4.61. The molecule has 0 spiro atoms. The van der Waals surface area contributed by atoms with Gasteiger partial charge in [0, 0.05) is 24.3 Å². The maximum atomic E-state index is 12.3. The predicted molar refractivity (Wildman–Crippen MR) is 131 cm³/mol. The fourth-order valence-electron chi connectivity index (χ4n) is 3.89. The number of sulfone groups is 1. The van der Waals surface area contributed by atoms with Gasteiger partial charge in [0.25, 0.3) is 0 Å². The van der Waals surface area contributed by atoms with Gasteiger partial charge in [0.05, 0.1) is 5.75 Å². The van der Waals surface area contributed by atoms with Crippen LogP contribution in [0.5, 0.6) is 0 Å². The van der Waals surface area contributed by atoms with E-state index in [2.05, 4.69) is 10.6 Å². The van der Waals surface area contributed by atoms with Crippen molar-refractivity contribution in [2.24, 2.45) is 0 Å². The molecule has 1 unspecified atom stereocenters. The molecule has 9 nitrogen and oxygen atoms in total. The number of alkyl carbamates (subject to hydrolysis) is 1. The average Bonchev–Trinajstić information content (AvgIpc) is 3.13. The fourth-order valence-corrected chi connectivity index (χ4v) is 4.55. The van der Waals surface area contributed by atoms with Gasteiger partial charge in [0.2, 0.25) is 5.91 Å². The molecule has 1 atom stereocenters. The van der Waals surface area contributed by atoms with Gasteiger partial charge in [0.1, 0.15) is 22.5 Å². The monoisotopic (exact) mass is 500 g/mol. The van der Waals surface area contributed by atoms with E-state index in [4.69, 9.17) is 4.74 Å². The molecule has 1 aliphatic carbocycles. The number of carbonyl (C=O) groups excluding carboxylic acids is 2. The van der Waals surface area contributed by atoms with E-state index >= 15 is 0 Å². The largest absolute Gasteiger partial charge is 0.480 e. The number of benzene rings is 2. The van der Waals surface area contributed by atoms with Gasteiger partial charge in [-0.15, -0.1) is 0 Å². The van der Waals surface area contributed by atoms with Gasteiger partial charge in [0.15, 0.2) is 0 Å². The molecule has 3 N–H and O–H groups in total. The minimum Gasteiger partial charge on any atom is -0.480 e. The highest BCUT2D eigenvalue weighted by atomic mass is 32.2. The van der Waals surface area contributed by atoms with Crippen LogP contribution in [-0.2, 0) is 24.2 Å². The van der Waals surface area contributed by atoms with Crippen LogP contribution in [0.3, 0.4) is 0 Å². The molecule has 0 radical (unpaired) electrons. The number of hydrogen-bond donors (Lipinski definition) is 3. The number of fused-ring (bicyclic) bond motifs is 3. The fraction of sp³-hybridized carbons (Fsp3) is 0.320. The van der Waals surface area contributed by atoms with E-state index < -0.39 is 33.8 Å². The molecule has 1 aliphatic rings. The number of nitrogens with one attached hydrogen (secondary N) is 2. The number of carbonyl (C=O) groups is 3. The molecule has 2 aromatic carbocycles. The number of hydrogen-bond acceptors (Lipinski definition) is 6. The van der Waals surface area contributed by atoms with Crippen LogP contribution in [0.1, 0.15) is 30.4 Å². The summed E-state index contributed by atoms with van der Waals surface area (Å²) in [6.45, 7) is 1.62. The Morgan fingerprint density at radius 2 is 1.63 bits per heavy atom. The molecule has 0 bridgehead atoms. The normalized spacial score (nSPS) is 13.9. The Kier molecular flexibility index (Phi) is 8.29. The maximum absolute atomic E-state index is 12.3. The number of aliphatic carboxylic acids is 1. The van der Waals surface area contributed by atoms with Crippen LogP contribution in [0.4, 0.5) is 4.79 Å². The molecule has 0 saturated carbocycles. The summed E-state index contributed by atoms with van der Waals surface area (Å²) in [5, 5.41) is 14.1. The Labute approximate surface area is 204 Å². The Bertz CT molecular complexity index is 1210. The lowest BCUT2D eigenvalue weighted by Crippen LogP contribution is -2.42. The first-order valence-electron chi connectivity index (χ1n) is 11.0. The predicted octanol–water partition coefficient (Wildman–Crippen LogP) is 2.48. The first-order valence-corrected chi connectivity index (χ1v) is 13.1. The van der Waals surface area contributed by atoms with Crippen LogP contribution in [0.25, 0.3) is 11.1 Å². The van der Waals surface area contributed by atoms with Gasteiger partial charge in [-0.05, 0) is 35.6 Å². The minimum absolute atomic E-state index is 0.00297. The second-order valence-electron chi connectivity index (χ2n) is 8.38. The van der Waals surface area contributed by atoms with Crippen molar-refractivity contribution in [1.29, 1.82) is 0 Å². The van der Waals surface area contributed by atoms with Gasteiger partial charge >= 0.3 is 12.1 Å². The highest BCUT2D eigenvalue weighted by Crippen LogP contribution is 2.44. The number of carboxylic acid groups (broad SMARTS) is 1. The number of ether oxygens (including phenoxy) is 1. The SMILES string of the molecule is C/C(=C\CNC(=O)OCC1c2ccccc2-c2ccccc21)C(=O)NC(CCS(C)(=O)=O)C(=O)O. The molecular formula is C25H28N2O7S. The van der Waals surface area contributed by atoms with E-state index in [1.54, 1.807) is 0 Å². The zero-order chi connectivity index (χ0) is 25.6. The second kappa shape index (κ2) is 11.2. The van der Waals surface area contributed by atoms with Crippen LogP contribution in [-0.4, -0.2) is 62.7 Å². The van der Waals surface area contributed by atoms with Gasteiger partial charge in [-0.2, -0.15) is 0 Å². The van der Waals surface area contributed by atoms with Crippen molar-refractivity contribution in [2.75, 3.05) is 25.2 Å².